The maximum atomic E-state index is 6.04. The second kappa shape index (κ2) is 7.13. The average Bonchev–Trinajstić information content (AvgIpc) is 2.98. The number of ether oxygens (including phenoxy) is 2. The summed E-state index contributed by atoms with van der Waals surface area (Å²) in [4.78, 5) is 7.70. The van der Waals surface area contributed by atoms with Crippen LogP contribution >= 0.6 is 11.6 Å². The van der Waals surface area contributed by atoms with E-state index in [2.05, 4.69) is 16.0 Å². The van der Waals surface area contributed by atoms with Gasteiger partial charge in [-0.3, -0.25) is 4.98 Å². The smallest absolute Gasteiger partial charge is 0.185 e. The van der Waals surface area contributed by atoms with Crippen molar-refractivity contribution in [3.63, 3.8) is 0 Å². The quantitative estimate of drug-likeness (QED) is 0.650. The Morgan fingerprint density at radius 1 is 1.09 bits per heavy atom. The van der Waals surface area contributed by atoms with Crippen LogP contribution in [0.4, 0.5) is 0 Å². The highest BCUT2D eigenvalue weighted by atomic mass is 35.5. The van der Waals surface area contributed by atoms with Crippen LogP contribution in [0.15, 0.2) is 42.7 Å². The monoisotopic (exact) mass is 330 g/mol. The van der Waals surface area contributed by atoms with Crippen LogP contribution in [-0.4, -0.2) is 23.2 Å². The van der Waals surface area contributed by atoms with Crippen molar-refractivity contribution in [3.8, 4) is 11.3 Å². The van der Waals surface area contributed by atoms with Gasteiger partial charge in [0.15, 0.2) is 6.29 Å². The average molecular weight is 331 g/mol. The van der Waals surface area contributed by atoms with Crippen molar-refractivity contribution < 1.29 is 9.47 Å². The Balaban J connectivity index is 1.96. The summed E-state index contributed by atoms with van der Waals surface area (Å²) < 4.78 is 11.3. The molecule has 1 aromatic carbocycles. The predicted molar refractivity (Wildman–Crippen MR) is 92.5 cm³/mol. The lowest BCUT2D eigenvalue weighted by Gasteiger charge is -2.17. The van der Waals surface area contributed by atoms with Crippen molar-refractivity contribution >= 4 is 22.5 Å². The molecular formula is C18H19ClN2O2. The Bertz CT molecular complexity index is 795. The van der Waals surface area contributed by atoms with Gasteiger partial charge in [0.25, 0.3) is 0 Å². The van der Waals surface area contributed by atoms with E-state index in [0.29, 0.717) is 18.2 Å². The molecule has 4 nitrogen and oxygen atoms in total. The first-order valence-electron chi connectivity index (χ1n) is 7.68. The maximum absolute atomic E-state index is 6.04. The van der Waals surface area contributed by atoms with Crippen LogP contribution < -0.4 is 0 Å². The molecule has 0 saturated heterocycles. The minimum Gasteiger partial charge on any atom is -0.354 e. The Kier molecular flexibility index (Phi) is 4.96. The molecular weight excluding hydrogens is 312 g/mol. The summed E-state index contributed by atoms with van der Waals surface area (Å²) in [5.41, 5.74) is 3.88. The summed E-state index contributed by atoms with van der Waals surface area (Å²) in [6.07, 6.45) is 3.21. The Morgan fingerprint density at radius 2 is 1.87 bits per heavy atom. The number of benzene rings is 1. The van der Waals surface area contributed by atoms with E-state index in [9.17, 15) is 0 Å². The normalized spacial score (nSPS) is 11.5. The zero-order chi connectivity index (χ0) is 16.2. The fraction of sp³-hybridized carbons (Fsp3) is 0.278. The molecule has 3 aromatic rings. The lowest BCUT2D eigenvalue weighted by Crippen LogP contribution is -2.09. The minimum atomic E-state index is -0.392. The number of aromatic amines is 1. The largest absolute Gasteiger partial charge is 0.354 e. The molecule has 0 radical (unpaired) electrons. The molecule has 0 fully saturated rings. The van der Waals surface area contributed by atoms with Crippen molar-refractivity contribution in [3.05, 3.63) is 53.3 Å². The molecule has 0 spiro atoms. The highest BCUT2D eigenvalue weighted by molar-refractivity contribution is 6.31. The summed E-state index contributed by atoms with van der Waals surface area (Å²) in [6.45, 7) is 5.06. The highest BCUT2D eigenvalue weighted by Gasteiger charge is 2.13. The van der Waals surface area contributed by atoms with E-state index in [1.54, 1.807) is 6.20 Å². The van der Waals surface area contributed by atoms with Crippen molar-refractivity contribution in [2.24, 2.45) is 0 Å². The first-order chi connectivity index (χ1) is 11.2. The summed E-state index contributed by atoms with van der Waals surface area (Å²) in [5, 5.41) is 1.83. The molecule has 2 aromatic heterocycles. The van der Waals surface area contributed by atoms with E-state index in [1.165, 1.54) is 0 Å². The number of hydrogen-bond donors (Lipinski definition) is 1. The van der Waals surface area contributed by atoms with E-state index >= 15 is 0 Å². The molecule has 5 heteroatoms. The van der Waals surface area contributed by atoms with Crippen LogP contribution in [0.5, 0.6) is 0 Å². The fourth-order valence-electron chi connectivity index (χ4n) is 2.53. The van der Waals surface area contributed by atoms with E-state index < -0.39 is 6.29 Å². The molecule has 0 aliphatic heterocycles. The van der Waals surface area contributed by atoms with Crippen LogP contribution in [0, 0.1) is 0 Å². The second-order valence-electron chi connectivity index (χ2n) is 5.16. The van der Waals surface area contributed by atoms with E-state index in [-0.39, 0.29) is 0 Å². The van der Waals surface area contributed by atoms with Gasteiger partial charge in [-0.2, -0.15) is 0 Å². The van der Waals surface area contributed by atoms with Crippen LogP contribution in [0.1, 0.15) is 25.7 Å². The van der Waals surface area contributed by atoms with Gasteiger partial charge in [-0.1, -0.05) is 17.7 Å². The number of pyridine rings is 1. The number of aromatic nitrogens is 2. The maximum Gasteiger partial charge on any atom is 0.185 e. The molecule has 0 atom stereocenters. The third-order valence-electron chi connectivity index (χ3n) is 3.56. The first kappa shape index (κ1) is 16.0. The van der Waals surface area contributed by atoms with Crippen molar-refractivity contribution in [2.75, 3.05) is 13.2 Å². The van der Waals surface area contributed by atoms with Gasteiger partial charge in [0.05, 0.1) is 0 Å². The molecule has 3 rings (SSSR count). The number of hydrogen-bond acceptors (Lipinski definition) is 3. The lowest BCUT2D eigenvalue weighted by molar-refractivity contribution is -0.140. The first-order valence-corrected chi connectivity index (χ1v) is 8.06. The molecule has 0 aliphatic rings. The third kappa shape index (κ3) is 3.55. The second-order valence-corrected chi connectivity index (χ2v) is 5.60. The molecule has 0 unspecified atom stereocenters. The zero-order valence-corrected chi connectivity index (χ0v) is 13.9. The molecule has 1 N–H and O–H groups in total. The van der Waals surface area contributed by atoms with Crippen LogP contribution in [0.3, 0.4) is 0 Å². The molecule has 2 heterocycles. The number of nitrogens with one attached hydrogen (secondary N) is 1. The minimum absolute atomic E-state index is 0.392. The van der Waals surface area contributed by atoms with E-state index in [4.69, 9.17) is 21.1 Å². The predicted octanol–water partition coefficient (Wildman–Crippen LogP) is 4.95. The van der Waals surface area contributed by atoms with Gasteiger partial charge in [-0.25, -0.2) is 0 Å². The highest BCUT2D eigenvalue weighted by Crippen LogP contribution is 2.28. The molecule has 23 heavy (non-hydrogen) atoms. The van der Waals surface area contributed by atoms with E-state index in [0.717, 1.165) is 27.7 Å². The summed E-state index contributed by atoms with van der Waals surface area (Å²) in [5.74, 6) is 0. The van der Waals surface area contributed by atoms with Gasteiger partial charge in [-0.15, -0.1) is 0 Å². The number of H-pyrrole nitrogens is 1. The lowest BCUT2D eigenvalue weighted by atomic mass is 10.1. The van der Waals surface area contributed by atoms with Gasteiger partial charge in [0.2, 0.25) is 0 Å². The van der Waals surface area contributed by atoms with Crippen LogP contribution in [0.2, 0.25) is 5.02 Å². The van der Waals surface area contributed by atoms with Crippen molar-refractivity contribution in [1.29, 1.82) is 0 Å². The number of nitrogens with zero attached hydrogens (tertiary/aromatic N) is 1. The Morgan fingerprint density at radius 3 is 2.61 bits per heavy atom. The van der Waals surface area contributed by atoms with Gasteiger partial charge in [0, 0.05) is 58.4 Å². The number of halogens is 1. The fourth-order valence-corrected chi connectivity index (χ4v) is 2.70. The molecule has 0 bridgehead atoms. The van der Waals surface area contributed by atoms with Crippen LogP contribution in [-0.2, 0) is 9.47 Å². The van der Waals surface area contributed by atoms with Gasteiger partial charge >= 0.3 is 0 Å². The van der Waals surface area contributed by atoms with Gasteiger partial charge < -0.3 is 14.5 Å². The topological polar surface area (TPSA) is 47.1 Å². The third-order valence-corrected chi connectivity index (χ3v) is 3.80. The van der Waals surface area contributed by atoms with Crippen molar-refractivity contribution in [2.45, 2.75) is 20.1 Å². The zero-order valence-electron chi connectivity index (χ0n) is 13.2. The summed E-state index contributed by atoms with van der Waals surface area (Å²) >= 11 is 6.04. The Labute approximate surface area is 140 Å². The number of fused-ring (bicyclic) bond motifs is 1. The molecule has 0 aliphatic carbocycles. The van der Waals surface area contributed by atoms with Gasteiger partial charge in [0.1, 0.15) is 0 Å². The van der Waals surface area contributed by atoms with Gasteiger partial charge in [-0.05, 0) is 38.1 Å². The molecule has 0 amide bonds. The standard InChI is InChI=1S/C18H19ClN2O2/c1-3-22-18(23-4-2)14-7-13(10-20-11-14)16-8-12-5-6-15(19)9-17(12)21-16/h5-11,18,21H,3-4H2,1-2H3. The molecule has 120 valence electrons. The number of rotatable bonds is 6. The SMILES string of the molecule is CCOC(OCC)c1cncc(-c2cc3ccc(Cl)cc3[nH]2)c1. The Hall–Kier alpha value is -1.88. The summed E-state index contributed by atoms with van der Waals surface area (Å²) in [6, 6.07) is 9.92. The molecule has 0 saturated carbocycles. The summed E-state index contributed by atoms with van der Waals surface area (Å²) in [7, 11) is 0. The van der Waals surface area contributed by atoms with E-state index in [1.807, 2.05) is 44.3 Å². The van der Waals surface area contributed by atoms with Crippen LogP contribution in [0.25, 0.3) is 22.2 Å². The van der Waals surface area contributed by atoms with Crippen molar-refractivity contribution in [1.82, 2.24) is 9.97 Å².